The summed E-state index contributed by atoms with van der Waals surface area (Å²) in [6, 6.07) is 0. The van der Waals surface area contributed by atoms with Crippen molar-refractivity contribution in [2.24, 2.45) is 17.8 Å². The topological polar surface area (TPSA) is 35.5 Å². The molecule has 96 valence electrons. The Balaban J connectivity index is 2.28. The molecule has 2 aliphatic rings. The fraction of sp³-hybridized carbons (Fsp3) is 0.769. The first kappa shape index (κ1) is 12.8. The molecule has 0 aromatic carbocycles. The van der Waals surface area contributed by atoms with Crippen molar-refractivity contribution in [1.82, 2.24) is 0 Å². The molecule has 0 radical (unpaired) electrons. The highest BCUT2D eigenvalue weighted by atomic mass is 28.4. The maximum atomic E-state index is 12.1. The van der Waals surface area contributed by atoms with Gasteiger partial charge in [-0.25, -0.2) is 0 Å². The van der Waals surface area contributed by atoms with Gasteiger partial charge in [0.2, 0.25) is 0 Å². The van der Waals surface area contributed by atoms with Gasteiger partial charge in [-0.1, -0.05) is 19.1 Å². The van der Waals surface area contributed by atoms with Gasteiger partial charge >= 0.3 is 5.97 Å². The summed E-state index contributed by atoms with van der Waals surface area (Å²) in [5.74, 6) is 0.644. The molecule has 0 saturated carbocycles. The highest BCUT2D eigenvalue weighted by Crippen LogP contribution is 2.50. The van der Waals surface area contributed by atoms with Gasteiger partial charge in [0.25, 0.3) is 0 Å². The number of fused-ring (bicyclic) bond motifs is 1. The van der Waals surface area contributed by atoms with Crippen LogP contribution >= 0.6 is 0 Å². The average molecular weight is 254 g/mol. The van der Waals surface area contributed by atoms with Gasteiger partial charge in [0.15, 0.2) is 8.32 Å². The Morgan fingerprint density at radius 2 is 2.18 bits per heavy atom. The molecule has 0 bridgehead atoms. The van der Waals surface area contributed by atoms with Crippen LogP contribution in [0, 0.1) is 17.8 Å². The van der Waals surface area contributed by atoms with Crippen molar-refractivity contribution in [3.8, 4) is 0 Å². The molecular weight excluding hydrogens is 232 g/mol. The van der Waals surface area contributed by atoms with E-state index < -0.39 is 8.32 Å². The fourth-order valence-electron chi connectivity index (χ4n) is 3.26. The predicted molar refractivity (Wildman–Crippen MR) is 69.1 cm³/mol. The summed E-state index contributed by atoms with van der Waals surface area (Å²) in [7, 11) is -1.75. The third kappa shape index (κ3) is 2.20. The largest absolute Gasteiger partial charge is 0.466 e. The van der Waals surface area contributed by atoms with Crippen molar-refractivity contribution in [3.05, 3.63) is 12.2 Å². The van der Waals surface area contributed by atoms with E-state index in [9.17, 15) is 4.79 Å². The van der Waals surface area contributed by atoms with Crippen LogP contribution in [0.2, 0.25) is 18.6 Å². The normalized spacial score (nSPS) is 38.8. The summed E-state index contributed by atoms with van der Waals surface area (Å²) in [6.07, 6.45) is 4.40. The molecule has 1 aliphatic carbocycles. The lowest BCUT2D eigenvalue weighted by Gasteiger charge is -2.37. The number of carbonyl (C=O) groups is 1. The molecule has 17 heavy (non-hydrogen) atoms. The van der Waals surface area contributed by atoms with Crippen LogP contribution in [0.5, 0.6) is 0 Å². The molecule has 0 spiro atoms. The minimum Gasteiger partial charge on any atom is -0.466 e. The summed E-state index contributed by atoms with van der Waals surface area (Å²) in [5.41, 5.74) is 0.376. The Hall–Kier alpha value is -0.613. The minimum atomic E-state index is -1.75. The Labute approximate surface area is 104 Å². The summed E-state index contributed by atoms with van der Waals surface area (Å²) in [5, 5.41) is 0. The van der Waals surface area contributed by atoms with Gasteiger partial charge in [-0.2, -0.15) is 0 Å². The van der Waals surface area contributed by atoms with Gasteiger partial charge in [-0.05, 0) is 31.5 Å². The van der Waals surface area contributed by atoms with E-state index in [-0.39, 0.29) is 17.8 Å². The molecule has 0 unspecified atom stereocenters. The quantitative estimate of drug-likeness (QED) is 0.432. The monoisotopic (exact) mass is 254 g/mol. The molecule has 1 heterocycles. The Morgan fingerprint density at radius 3 is 2.82 bits per heavy atom. The Bertz CT molecular complexity index is 338. The molecule has 0 aromatic rings. The van der Waals surface area contributed by atoms with Gasteiger partial charge < -0.3 is 9.16 Å². The summed E-state index contributed by atoms with van der Waals surface area (Å²) in [6.45, 7) is 9.66. The van der Waals surface area contributed by atoms with E-state index in [0.717, 1.165) is 6.61 Å². The lowest BCUT2D eigenvalue weighted by atomic mass is 9.79. The third-order valence-electron chi connectivity index (χ3n) is 4.09. The van der Waals surface area contributed by atoms with Crippen LogP contribution in [0.3, 0.4) is 0 Å². The number of hydrogen-bond donors (Lipinski definition) is 0. The van der Waals surface area contributed by atoms with Gasteiger partial charge in [0.1, 0.15) is 0 Å². The van der Waals surface area contributed by atoms with E-state index in [4.69, 9.17) is 9.16 Å². The second-order valence-corrected chi connectivity index (χ2v) is 9.79. The molecule has 3 nitrogen and oxygen atoms in total. The molecule has 0 aromatic heterocycles. The zero-order valence-corrected chi connectivity index (χ0v) is 12.1. The second-order valence-electron chi connectivity index (χ2n) is 5.63. The maximum absolute atomic E-state index is 12.1. The van der Waals surface area contributed by atoms with Crippen LogP contribution in [-0.4, -0.2) is 27.5 Å². The third-order valence-corrected chi connectivity index (χ3v) is 7.39. The van der Waals surface area contributed by atoms with E-state index in [1.807, 2.05) is 6.92 Å². The number of esters is 1. The van der Waals surface area contributed by atoms with Crippen LogP contribution in [0.15, 0.2) is 12.2 Å². The summed E-state index contributed by atoms with van der Waals surface area (Å²) in [4.78, 5) is 12.1. The number of hydrogen-bond acceptors (Lipinski definition) is 3. The van der Waals surface area contributed by atoms with E-state index >= 15 is 0 Å². The second kappa shape index (κ2) is 4.57. The van der Waals surface area contributed by atoms with Crippen LogP contribution in [0.1, 0.15) is 13.8 Å². The van der Waals surface area contributed by atoms with E-state index in [0.29, 0.717) is 18.1 Å². The van der Waals surface area contributed by atoms with Crippen molar-refractivity contribution in [3.63, 3.8) is 0 Å². The first-order chi connectivity index (χ1) is 7.97. The number of ether oxygens (including phenoxy) is 1. The smallest absolute Gasteiger partial charge is 0.309 e. The molecule has 4 heteroatoms. The lowest BCUT2D eigenvalue weighted by molar-refractivity contribution is -0.149. The van der Waals surface area contributed by atoms with E-state index in [2.05, 4.69) is 32.2 Å². The molecule has 1 saturated heterocycles. The molecule has 4 atom stereocenters. The van der Waals surface area contributed by atoms with Crippen LogP contribution < -0.4 is 0 Å². The zero-order valence-electron chi connectivity index (χ0n) is 11.1. The number of rotatable bonds is 2. The van der Waals surface area contributed by atoms with Crippen molar-refractivity contribution < 1.29 is 14.0 Å². The van der Waals surface area contributed by atoms with Crippen LogP contribution in [0.25, 0.3) is 0 Å². The molecule has 0 N–H and O–H groups in total. The standard InChI is InChI=1S/C13H22O3Si/c1-5-15-13(14)11-9(2)6-7-10-8-16-17(3,4)12(10)11/h6-7,9-12H,5,8H2,1-4H3/t9-,10-,11-,12-/m0/s1. The fourth-order valence-corrected chi connectivity index (χ4v) is 6.62. The van der Waals surface area contributed by atoms with E-state index in [1.165, 1.54) is 0 Å². The van der Waals surface area contributed by atoms with Crippen LogP contribution in [0.4, 0.5) is 0 Å². The molecule has 0 amide bonds. The van der Waals surface area contributed by atoms with Gasteiger partial charge in [-0.15, -0.1) is 0 Å². The highest BCUT2D eigenvalue weighted by molar-refractivity contribution is 6.73. The predicted octanol–water partition coefficient (Wildman–Crippen LogP) is 2.59. The average Bonchev–Trinajstić information content (AvgIpc) is 2.55. The summed E-state index contributed by atoms with van der Waals surface area (Å²) >= 11 is 0. The SMILES string of the molecule is CCOC(=O)[C@@H]1[C@@H]2[C@@H](C=C[C@@H]1C)CO[Si]2(C)C. The van der Waals surface area contributed by atoms with E-state index in [1.54, 1.807) is 0 Å². The molecule has 1 aliphatic heterocycles. The maximum Gasteiger partial charge on any atom is 0.309 e. The number of allylic oxidation sites excluding steroid dienone is 1. The molecule has 2 rings (SSSR count). The Morgan fingerprint density at radius 1 is 1.47 bits per heavy atom. The van der Waals surface area contributed by atoms with Crippen molar-refractivity contribution in [1.29, 1.82) is 0 Å². The van der Waals surface area contributed by atoms with Crippen LogP contribution in [-0.2, 0) is 14.0 Å². The molecular formula is C13H22O3Si. The van der Waals surface area contributed by atoms with Gasteiger partial charge in [0, 0.05) is 12.5 Å². The van der Waals surface area contributed by atoms with Crippen molar-refractivity contribution >= 4 is 14.3 Å². The first-order valence-corrected chi connectivity index (χ1v) is 9.45. The lowest BCUT2D eigenvalue weighted by Crippen LogP contribution is -2.43. The van der Waals surface area contributed by atoms with Gasteiger partial charge in [-0.3, -0.25) is 4.79 Å². The van der Waals surface area contributed by atoms with Crippen molar-refractivity contribution in [2.75, 3.05) is 13.2 Å². The minimum absolute atomic E-state index is 0.00545. The number of carbonyl (C=O) groups excluding carboxylic acids is 1. The first-order valence-electron chi connectivity index (χ1n) is 6.46. The van der Waals surface area contributed by atoms with Gasteiger partial charge in [0.05, 0.1) is 12.5 Å². The highest BCUT2D eigenvalue weighted by Gasteiger charge is 2.53. The van der Waals surface area contributed by atoms with Crippen molar-refractivity contribution in [2.45, 2.75) is 32.5 Å². The molecule has 1 fully saturated rings. The summed E-state index contributed by atoms with van der Waals surface area (Å²) < 4.78 is 11.2. The Kier molecular flexibility index (Phi) is 3.45. The zero-order chi connectivity index (χ0) is 12.6.